The lowest BCUT2D eigenvalue weighted by atomic mass is 10.1. The standard InChI is InChI=1S/C21H16Cl2N4O3S2/c1-11-15(18(25-29-11)16-13(22)9-6-10-14(16)23)20(28)30-26-19-17(12-7-4-3-5-8-12)24-27(2)21(31)32-19/h3-10,17,24H,1-2H3/b26-19-/t17-/m1/s1. The molecule has 1 aromatic heterocycles. The van der Waals surface area contributed by atoms with Crippen molar-refractivity contribution >= 4 is 62.5 Å². The van der Waals surface area contributed by atoms with Gasteiger partial charge in [0.15, 0.2) is 4.32 Å². The fourth-order valence-electron chi connectivity index (χ4n) is 3.09. The maximum Gasteiger partial charge on any atom is 0.371 e. The van der Waals surface area contributed by atoms with Crippen molar-refractivity contribution in [3.63, 3.8) is 0 Å². The third-order valence-corrected chi connectivity index (χ3v) is 6.77. The zero-order chi connectivity index (χ0) is 22.8. The molecule has 1 N–H and O–H groups in total. The number of carbonyl (C=O) groups is 1. The number of hydrogen-bond acceptors (Lipinski definition) is 8. The van der Waals surface area contributed by atoms with Crippen molar-refractivity contribution < 1.29 is 14.2 Å². The molecule has 1 saturated heterocycles. The third-order valence-electron chi connectivity index (χ3n) is 4.65. The second-order valence-electron chi connectivity index (χ2n) is 6.77. The molecule has 4 rings (SSSR count). The van der Waals surface area contributed by atoms with Crippen molar-refractivity contribution in [2.24, 2.45) is 5.16 Å². The Kier molecular flexibility index (Phi) is 6.82. The molecule has 0 unspecified atom stereocenters. The number of aryl methyl sites for hydroxylation is 1. The summed E-state index contributed by atoms with van der Waals surface area (Å²) in [5.74, 6) is -0.495. The van der Waals surface area contributed by atoms with Crippen molar-refractivity contribution in [3.05, 3.63) is 75.5 Å². The Morgan fingerprint density at radius 2 is 1.91 bits per heavy atom. The molecular weight excluding hydrogens is 491 g/mol. The van der Waals surface area contributed by atoms with Crippen LogP contribution in [0.25, 0.3) is 11.3 Å². The van der Waals surface area contributed by atoms with E-state index in [4.69, 9.17) is 44.8 Å². The lowest BCUT2D eigenvalue weighted by Crippen LogP contribution is -2.47. The molecule has 32 heavy (non-hydrogen) atoms. The highest BCUT2D eigenvalue weighted by Gasteiger charge is 2.31. The van der Waals surface area contributed by atoms with Crippen LogP contribution in [0.2, 0.25) is 10.0 Å². The zero-order valence-corrected chi connectivity index (χ0v) is 20.0. The van der Waals surface area contributed by atoms with E-state index in [1.807, 2.05) is 37.4 Å². The quantitative estimate of drug-likeness (QED) is 0.276. The molecule has 0 saturated carbocycles. The molecule has 0 aliphatic carbocycles. The van der Waals surface area contributed by atoms with Crippen molar-refractivity contribution in [3.8, 4) is 11.3 Å². The monoisotopic (exact) mass is 506 g/mol. The summed E-state index contributed by atoms with van der Waals surface area (Å²) in [5.41, 5.74) is 4.84. The Morgan fingerprint density at radius 3 is 2.59 bits per heavy atom. The Morgan fingerprint density at radius 1 is 1.22 bits per heavy atom. The van der Waals surface area contributed by atoms with E-state index in [1.54, 1.807) is 30.1 Å². The highest BCUT2D eigenvalue weighted by atomic mass is 35.5. The van der Waals surface area contributed by atoms with Crippen LogP contribution in [0.1, 0.15) is 27.7 Å². The molecule has 3 aromatic rings. The first-order chi connectivity index (χ1) is 15.4. The van der Waals surface area contributed by atoms with Gasteiger partial charge in [-0.3, -0.25) is 5.01 Å². The van der Waals surface area contributed by atoms with Gasteiger partial charge < -0.3 is 9.36 Å². The van der Waals surface area contributed by atoms with E-state index in [0.717, 1.165) is 5.56 Å². The topological polar surface area (TPSA) is 80.0 Å². The highest BCUT2D eigenvalue weighted by Crippen LogP contribution is 2.37. The summed E-state index contributed by atoms with van der Waals surface area (Å²) in [4.78, 5) is 18.3. The minimum atomic E-state index is -0.750. The number of nitrogens with zero attached hydrogens (tertiary/aromatic N) is 3. The lowest BCUT2D eigenvalue weighted by Gasteiger charge is -2.33. The Balaban J connectivity index is 1.66. The molecule has 164 valence electrons. The van der Waals surface area contributed by atoms with Gasteiger partial charge in [-0.15, -0.1) is 0 Å². The van der Waals surface area contributed by atoms with E-state index in [-0.39, 0.29) is 23.1 Å². The van der Waals surface area contributed by atoms with E-state index in [1.165, 1.54) is 11.8 Å². The number of hydrazine groups is 1. The Labute approximate surface area is 203 Å². The van der Waals surface area contributed by atoms with Crippen LogP contribution >= 0.6 is 47.2 Å². The van der Waals surface area contributed by atoms with Gasteiger partial charge in [-0.25, -0.2) is 10.2 Å². The number of halogens is 2. The van der Waals surface area contributed by atoms with Crippen molar-refractivity contribution in [1.29, 1.82) is 0 Å². The minimum absolute atomic E-state index is 0.0917. The average molecular weight is 507 g/mol. The Bertz CT molecular complexity index is 1200. The van der Waals surface area contributed by atoms with Gasteiger partial charge in [0.25, 0.3) is 0 Å². The number of thiocarbonyl (C=S) groups is 1. The third kappa shape index (κ3) is 4.53. The normalized spacial score (nSPS) is 17.6. The first kappa shape index (κ1) is 22.8. The molecule has 0 bridgehead atoms. The molecule has 0 radical (unpaired) electrons. The largest absolute Gasteiger partial charge is 0.371 e. The van der Waals surface area contributed by atoms with Crippen molar-refractivity contribution in [2.45, 2.75) is 13.0 Å². The molecule has 1 atom stereocenters. The summed E-state index contributed by atoms with van der Waals surface area (Å²) in [5, 5.41) is 11.0. The van der Waals surface area contributed by atoms with E-state index >= 15 is 0 Å². The number of thioether (sulfide) groups is 1. The van der Waals surface area contributed by atoms with Crippen LogP contribution in [0.15, 0.2) is 58.2 Å². The van der Waals surface area contributed by atoms with Gasteiger partial charge in [0.2, 0.25) is 0 Å². The number of nitrogens with one attached hydrogen (secondary N) is 1. The number of oxime groups is 1. The van der Waals surface area contributed by atoms with Crippen molar-refractivity contribution in [1.82, 2.24) is 15.6 Å². The van der Waals surface area contributed by atoms with Crippen LogP contribution in [0.4, 0.5) is 0 Å². The summed E-state index contributed by atoms with van der Waals surface area (Å²) >= 11 is 19.2. The minimum Gasteiger partial charge on any atom is -0.360 e. The second kappa shape index (κ2) is 9.60. The van der Waals surface area contributed by atoms with Crippen LogP contribution in [0.3, 0.4) is 0 Å². The molecule has 1 aliphatic rings. The van der Waals surface area contributed by atoms with E-state index < -0.39 is 5.97 Å². The van der Waals surface area contributed by atoms with Gasteiger partial charge in [0.1, 0.15) is 28.1 Å². The zero-order valence-electron chi connectivity index (χ0n) is 16.8. The molecule has 2 aromatic carbocycles. The highest BCUT2D eigenvalue weighted by molar-refractivity contribution is 8.33. The van der Waals surface area contributed by atoms with E-state index in [9.17, 15) is 4.79 Å². The number of aromatic nitrogens is 1. The maximum absolute atomic E-state index is 13.0. The van der Waals surface area contributed by atoms with Crippen LogP contribution in [0, 0.1) is 6.92 Å². The van der Waals surface area contributed by atoms with Gasteiger partial charge in [-0.1, -0.05) is 82.1 Å². The first-order valence-corrected chi connectivity index (χ1v) is 11.3. The summed E-state index contributed by atoms with van der Waals surface area (Å²) in [6.07, 6.45) is 0. The van der Waals surface area contributed by atoms with Crippen LogP contribution in [-0.4, -0.2) is 32.5 Å². The number of hydrogen-bond donors (Lipinski definition) is 1. The summed E-state index contributed by atoms with van der Waals surface area (Å²) < 4.78 is 5.77. The fourth-order valence-corrected chi connectivity index (χ4v) is 4.73. The number of rotatable bonds is 4. The fraction of sp³-hybridized carbons (Fsp3) is 0.143. The van der Waals surface area contributed by atoms with Crippen LogP contribution in [-0.2, 0) is 4.84 Å². The first-order valence-electron chi connectivity index (χ1n) is 9.33. The predicted octanol–water partition coefficient (Wildman–Crippen LogP) is 5.64. The van der Waals surface area contributed by atoms with Crippen LogP contribution in [0.5, 0.6) is 0 Å². The Hall–Kier alpha value is -2.43. The summed E-state index contributed by atoms with van der Waals surface area (Å²) in [6, 6.07) is 14.3. The van der Waals surface area contributed by atoms with Gasteiger partial charge in [0, 0.05) is 12.6 Å². The smallest absolute Gasteiger partial charge is 0.360 e. The summed E-state index contributed by atoms with van der Waals surface area (Å²) in [6.45, 7) is 1.60. The van der Waals surface area contributed by atoms with Gasteiger partial charge in [-0.2, -0.15) is 0 Å². The van der Waals surface area contributed by atoms with Crippen LogP contribution < -0.4 is 5.43 Å². The maximum atomic E-state index is 13.0. The second-order valence-corrected chi connectivity index (χ2v) is 9.24. The number of carbonyl (C=O) groups excluding carboxylic acids is 1. The molecule has 1 aliphatic heterocycles. The molecule has 2 heterocycles. The number of benzene rings is 2. The molecule has 11 heteroatoms. The average Bonchev–Trinajstić information content (AvgIpc) is 3.15. The van der Waals surface area contributed by atoms with Gasteiger partial charge in [0.05, 0.1) is 10.0 Å². The van der Waals surface area contributed by atoms with Crippen molar-refractivity contribution in [2.75, 3.05) is 7.05 Å². The summed E-state index contributed by atoms with van der Waals surface area (Å²) in [7, 11) is 1.81. The molecule has 7 nitrogen and oxygen atoms in total. The molecule has 0 amide bonds. The van der Waals surface area contributed by atoms with E-state index in [2.05, 4.69) is 15.7 Å². The molecule has 1 fully saturated rings. The SMILES string of the molecule is Cc1onc(-c2c(Cl)cccc2Cl)c1C(=O)O/N=C1\SC(=S)N(C)N[C@@H]1c1ccccc1. The molecular formula is C21H16Cl2N4O3S2. The molecule has 0 spiro atoms. The van der Waals surface area contributed by atoms with Gasteiger partial charge in [-0.05, 0) is 36.4 Å². The van der Waals surface area contributed by atoms with E-state index in [0.29, 0.717) is 25.0 Å². The predicted molar refractivity (Wildman–Crippen MR) is 130 cm³/mol. The van der Waals surface area contributed by atoms with Gasteiger partial charge >= 0.3 is 5.97 Å². The lowest BCUT2D eigenvalue weighted by molar-refractivity contribution is 0.0514.